The van der Waals surface area contributed by atoms with Crippen LogP contribution in [0.5, 0.6) is 5.75 Å². The highest BCUT2D eigenvalue weighted by molar-refractivity contribution is 7.89. The van der Waals surface area contributed by atoms with Crippen molar-refractivity contribution in [3.63, 3.8) is 0 Å². The van der Waals surface area contributed by atoms with Gasteiger partial charge in [-0.15, -0.1) is 0 Å². The zero-order valence-electron chi connectivity index (χ0n) is 17.6. The zero-order valence-corrected chi connectivity index (χ0v) is 18.5. The molecule has 6 nitrogen and oxygen atoms in total. The van der Waals surface area contributed by atoms with E-state index in [4.69, 9.17) is 9.47 Å². The summed E-state index contributed by atoms with van der Waals surface area (Å²) in [7, 11) is -1.80. The second-order valence-corrected chi connectivity index (χ2v) is 10.1. The molecule has 0 amide bonds. The van der Waals surface area contributed by atoms with Crippen molar-refractivity contribution in [3.8, 4) is 5.75 Å². The maximum Gasteiger partial charge on any atom is 0.243 e. The average Bonchev–Trinajstić information content (AvgIpc) is 3.15. The third-order valence-electron chi connectivity index (χ3n) is 6.25. The first-order valence-corrected chi connectivity index (χ1v) is 12.0. The summed E-state index contributed by atoms with van der Waals surface area (Å²) in [5, 5.41) is 3.53. The fourth-order valence-corrected chi connectivity index (χ4v) is 5.86. The number of nitrogens with zero attached hydrogens (tertiary/aromatic N) is 1. The van der Waals surface area contributed by atoms with Crippen LogP contribution in [-0.2, 0) is 21.2 Å². The van der Waals surface area contributed by atoms with E-state index in [1.54, 1.807) is 23.5 Å². The number of sulfonamides is 1. The van der Waals surface area contributed by atoms with Gasteiger partial charge >= 0.3 is 0 Å². The largest absolute Gasteiger partial charge is 0.497 e. The lowest BCUT2D eigenvalue weighted by Gasteiger charge is -2.38. The van der Waals surface area contributed by atoms with Gasteiger partial charge in [0.25, 0.3) is 0 Å². The molecule has 0 aliphatic carbocycles. The third-order valence-corrected chi connectivity index (χ3v) is 8.17. The van der Waals surface area contributed by atoms with Gasteiger partial charge in [0.05, 0.1) is 30.3 Å². The maximum atomic E-state index is 13.0. The van der Waals surface area contributed by atoms with E-state index in [1.165, 1.54) is 0 Å². The number of benzene rings is 2. The number of hydrogen-bond acceptors (Lipinski definition) is 5. The molecular weight excluding hydrogens is 400 g/mol. The Morgan fingerprint density at radius 1 is 1.17 bits per heavy atom. The molecule has 1 N–H and O–H groups in total. The molecule has 0 unspecified atom stereocenters. The molecule has 7 heteroatoms. The van der Waals surface area contributed by atoms with Gasteiger partial charge in [-0.05, 0) is 55.5 Å². The van der Waals surface area contributed by atoms with Gasteiger partial charge in [-0.25, -0.2) is 8.42 Å². The van der Waals surface area contributed by atoms with E-state index in [9.17, 15) is 8.42 Å². The predicted octanol–water partition coefficient (Wildman–Crippen LogP) is 3.68. The molecule has 2 fully saturated rings. The molecule has 0 bridgehead atoms. The normalized spacial score (nSPS) is 21.6. The Morgan fingerprint density at radius 3 is 2.57 bits per heavy atom. The van der Waals surface area contributed by atoms with Crippen molar-refractivity contribution in [2.24, 2.45) is 0 Å². The van der Waals surface area contributed by atoms with E-state index in [1.807, 2.05) is 36.4 Å². The van der Waals surface area contributed by atoms with Gasteiger partial charge in [-0.1, -0.05) is 25.1 Å². The number of aryl methyl sites for hydroxylation is 1. The van der Waals surface area contributed by atoms with Gasteiger partial charge < -0.3 is 14.8 Å². The van der Waals surface area contributed by atoms with Gasteiger partial charge in [0.2, 0.25) is 10.0 Å². The molecule has 162 valence electrons. The number of hydrogen-bond donors (Lipinski definition) is 1. The summed E-state index contributed by atoms with van der Waals surface area (Å²) in [5.74, 6) is 0.819. The second kappa shape index (κ2) is 8.57. The van der Waals surface area contributed by atoms with Crippen LogP contribution >= 0.6 is 0 Å². The summed E-state index contributed by atoms with van der Waals surface area (Å²) in [4.78, 5) is 0.376. The van der Waals surface area contributed by atoms with Crippen LogP contribution < -0.4 is 10.1 Å². The van der Waals surface area contributed by atoms with Gasteiger partial charge in [-0.2, -0.15) is 4.31 Å². The summed E-state index contributed by atoms with van der Waals surface area (Å²) in [6.07, 6.45) is 3.21. The number of anilines is 1. The molecule has 2 aromatic rings. The Labute approximate surface area is 179 Å². The Bertz CT molecular complexity index is 967. The fraction of sp³-hybridized carbons (Fsp3) is 0.478. The lowest BCUT2D eigenvalue weighted by molar-refractivity contribution is -0.0310. The maximum absolute atomic E-state index is 13.0. The SMILES string of the molecule is CCc1ccc(S(=O)(=O)N2CCC3(CC2)C[C@@H](Nc2cccc(OC)c2)CO3)cc1. The van der Waals surface area contributed by atoms with Gasteiger partial charge in [0, 0.05) is 24.8 Å². The molecule has 0 radical (unpaired) electrons. The molecule has 4 rings (SSSR count). The van der Waals surface area contributed by atoms with Gasteiger partial charge in [0.15, 0.2) is 0 Å². The van der Waals surface area contributed by atoms with E-state index in [0.29, 0.717) is 24.6 Å². The van der Waals surface area contributed by atoms with E-state index in [-0.39, 0.29) is 11.6 Å². The molecule has 0 aromatic heterocycles. The monoisotopic (exact) mass is 430 g/mol. The van der Waals surface area contributed by atoms with E-state index >= 15 is 0 Å². The Kier molecular flexibility index (Phi) is 6.04. The summed E-state index contributed by atoms with van der Waals surface area (Å²) < 4.78 is 39.1. The van der Waals surface area contributed by atoms with Crippen LogP contribution in [0.3, 0.4) is 0 Å². The molecule has 2 heterocycles. The topological polar surface area (TPSA) is 67.9 Å². The minimum Gasteiger partial charge on any atom is -0.497 e. The summed E-state index contributed by atoms with van der Waals surface area (Å²) in [6, 6.07) is 15.3. The minimum absolute atomic E-state index is 0.210. The standard InChI is InChI=1S/C23H30N2O4S/c1-3-18-7-9-22(10-8-18)30(26,27)25-13-11-23(12-14-25)16-20(17-29-23)24-19-5-4-6-21(15-19)28-2/h4-10,15,20,24H,3,11-14,16-17H2,1-2H3/t20-/m1/s1. The minimum atomic E-state index is -3.45. The highest BCUT2D eigenvalue weighted by Gasteiger charge is 2.44. The average molecular weight is 431 g/mol. The van der Waals surface area contributed by atoms with E-state index < -0.39 is 10.0 Å². The molecule has 0 saturated carbocycles. The molecule has 1 spiro atoms. The van der Waals surface area contributed by atoms with Crippen molar-refractivity contribution in [1.82, 2.24) is 4.31 Å². The van der Waals surface area contributed by atoms with Gasteiger partial charge in [-0.3, -0.25) is 0 Å². The first-order chi connectivity index (χ1) is 14.4. The fourth-order valence-electron chi connectivity index (χ4n) is 4.41. The summed E-state index contributed by atoms with van der Waals surface area (Å²) >= 11 is 0. The second-order valence-electron chi connectivity index (χ2n) is 8.17. The number of rotatable bonds is 6. The molecule has 2 aromatic carbocycles. The van der Waals surface area contributed by atoms with Crippen LogP contribution in [0.2, 0.25) is 0 Å². The first kappa shape index (κ1) is 21.2. The van der Waals surface area contributed by atoms with E-state index in [0.717, 1.165) is 42.7 Å². The lowest BCUT2D eigenvalue weighted by Crippen LogP contribution is -2.46. The number of methoxy groups -OCH3 is 1. The van der Waals surface area contributed by atoms with Crippen LogP contribution in [-0.4, -0.2) is 51.2 Å². The van der Waals surface area contributed by atoms with Crippen molar-refractivity contribution in [1.29, 1.82) is 0 Å². The zero-order chi connectivity index (χ0) is 21.2. The van der Waals surface area contributed by atoms with Crippen LogP contribution in [0.15, 0.2) is 53.4 Å². The molecule has 2 saturated heterocycles. The Hall–Kier alpha value is -2.09. The molecule has 1 atom stereocenters. The Balaban J connectivity index is 1.36. The van der Waals surface area contributed by atoms with E-state index in [2.05, 4.69) is 12.2 Å². The van der Waals surface area contributed by atoms with Crippen LogP contribution in [0.25, 0.3) is 0 Å². The number of nitrogens with one attached hydrogen (secondary N) is 1. The van der Waals surface area contributed by atoms with Gasteiger partial charge in [0.1, 0.15) is 5.75 Å². The summed E-state index contributed by atoms with van der Waals surface area (Å²) in [5.41, 5.74) is 1.91. The molecule has 30 heavy (non-hydrogen) atoms. The number of piperidine rings is 1. The lowest BCUT2D eigenvalue weighted by atomic mass is 9.88. The van der Waals surface area contributed by atoms with Crippen molar-refractivity contribution >= 4 is 15.7 Å². The Morgan fingerprint density at radius 2 is 1.90 bits per heavy atom. The first-order valence-electron chi connectivity index (χ1n) is 10.6. The third kappa shape index (κ3) is 4.33. The smallest absolute Gasteiger partial charge is 0.243 e. The predicted molar refractivity (Wildman–Crippen MR) is 118 cm³/mol. The van der Waals surface area contributed by atoms with Crippen molar-refractivity contribution in [2.75, 3.05) is 32.1 Å². The highest BCUT2D eigenvalue weighted by Crippen LogP contribution is 2.38. The van der Waals surface area contributed by atoms with Crippen LogP contribution in [0.4, 0.5) is 5.69 Å². The summed E-state index contributed by atoms with van der Waals surface area (Å²) in [6.45, 7) is 3.67. The molecular formula is C23H30N2O4S. The quantitative estimate of drug-likeness (QED) is 0.757. The van der Waals surface area contributed by atoms with Crippen LogP contribution in [0, 0.1) is 0 Å². The molecule has 2 aliphatic heterocycles. The highest BCUT2D eigenvalue weighted by atomic mass is 32.2. The van der Waals surface area contributed by atoms with Crippen LogP contribution in [0.1, 0.15) is 31.7 Å². The number of ether oxygens (including phenoxy) is 2. The van der Waals surface area contributed by atoms with Crippen molar-refractivity contribution in [3.05, 3.63) is 54.1 Å². The molecule has 2 aliphatic rings. The van der Waals surface area contributed by atoms with Crippen molar-refractivity contribution in [2.45, 2.75) is 49.1 Å². The van der Waals surface area contributed by atoms with Crippen molar-refractivity contribution < 1.29 is 17.9 Å².